The Morgan fingerprint density at radius 1 is 1.38 bits per heavy atom. The second-order valence-electron chi connectivity index (χ2n) is 5.96. The highest BCUT2D eigenvalue weighted by atomic mass is 79.9. The van der Waals surface area contributed by atoms with E-state index in [4.69, 9.17) is 0 Å². The van der Waals surface area contributed by atoms with Gasteiger partial charge < -0.3 is 9.80 Å². The van der Waals surface area contributed by atoms with Crippen molar-refractivity contribution in [2.45, 2.75) is 38.1 Å². The number of likely N-dealkylation sites (tertiary alicyclic amines) is 1. The first-order chi connectivity index (χ1) is 7.65. The molecule has 1 heterocycles. The fourth-order valence-corrected chi connectivity index (χ4v) is 3.91. The first-order valence-electron chi connectivity index (χ1n) is 6.60. The zero-order chi connectivity index (χ0) is 11.6. The number of rotatable bonds is 4. The Morgan fingerprint density at radius 2 is 2.12 bits per heavy atom. The number of halogens is 1. The molecule has 0 radical (unpaired) electrons. The van der Waals surface area contributed by atoms with Crippen molar-refractivity contribution in [1.82, 2.24) is 9.80 Å². The van der Waals surface area contributed by atoms with Gasteiger partial charge in [-0.1, -0.05) is 22.4 Å². The third-order valence-electron chi connectivity index (χ3n) is 4.51. The van der Waals surface area contributed by atoms with Gasteiger partial charge in [-0.2, -0.15) is 0 Å². The maximum absolute atomic E-state index is 3.71. The lowest BCUT2D eigenvalue weighted by Gasteiger charge is -2.46. The second-order valence-corrected chi connectivity index (χ2v) is 6.52. The molecule has 1 saturated carbocycles. The molecule has 2 aliphatic rings. The Bertz CT molecular complexity index is 222. The SMILES string of the molecule is CN1CCCC(N(C)CC2(CBr)CCC2)C1. The monoisotopic (exact) mass is 288 g/mol. The van der Waals surface area contributed by atoms with E-state index in [2.05, 4.69) is 39.8 Å². The average Bonchev–Trinajstić information content (AvgIpc) is 2.23. The average molecular weight is 289 g/mol. The van der Waals surface area contributed by atoms with Crippen molar-refractivity contribution in [1.29, 1.82) is 0 Å². The third kappa shape index (κ3) is 2.80. The molecule has 0 amide bonds. The number of likely N-dealkylation sites (N-methyl/N-ethyl adjacent to an activating group) is 2. The molecule has 1 aliphatic carbocycles. The van der Waals surface area contributed by atoms with E-state index in [-0.39, 0.29) is 0 Å². The van der Waals surface area contributed by atoms with Gasteiger partial charge in [0, 0.05) is 24.5 Å². The van der Waals surface area contributed by atoms with Gasteiger partial charge in [0.2, 0.25) is 0 Å². The lowest BCUT2D eigenvalue weighted by molar-refractivity contribution is 0.0559. The second kappa shape index (κ2) is 5.36. The van der Waals surface area contributed by atoms with Gasteiger partial charge in [0.25, 0.3) is 0 Å². The van der Waals surface area contributed by atoms with E-state index in [0.29, 0.717) is 5.41 Å². The van der Waals surface area contributed by atoms with Crippen LogP contribution in [-0.2, 0) is 0 Å². The molecule has 1 aliphatic heterocycles. The van der Waals surface area contributed by atoms with Crippen LogP contribution in [0.25, 0.3) is 0 Å². The molecule has 1 atom stereocenters. The van der Waals surface area contributed by atoms with Crippen molar-refractivity contribution in [3.63, 3.8) is 0 Å². The van der Waals surface area contributed by atoms with Crippen LogP contribution in [0.15, 0.2) is 0 Å². The largest absolute Gasteiger partial charge is 0.305 e. The van der Waals surface area contributed by atoms with Crippen LogP contribution in [0.3, 0.4) is 0 Å². The Labute approximate surface area is 108 Å². The van der Waals surface area contributed by atoms with Crippen LogP contribution in [0.4, 0.5) is 0 Å². The van der Waals surface area contributed by atoms with Crippen molar-refractivity contribution < 1.29 is 0 Å². The fourth-order valence-electron chi connectivity index (χ4n) is 3.17. The normalized spacial score (nSPS) is 30.4. The fraction of sp³-hybridized carbons (Fsp3) is 1.00. The summed E-state index contributed by atoms with van der Waals surface area (Å²) in [6.45, 7) is 3.83. The highest BCUT2D eigenvalue weighted by Gasteiger charge is 2.38. The van der Waals surface area contributed by atoms with Crippen LogP contribution in [-0.4, -0.2) is 54.9 Å². The predicted molar refractivity (Wildman–Crippen MR) is 73.2 cm³/mol. The van der Waals surface area contributed by atoms with Gasteiger partial charge in [0.05, 0.1) is 0 Å². The van der Waals surface area contributed by atoms with Crippen LogP contribution >= 0.6 is 15.9 Å². The molecule has 1 unspecified atom stereocenters. The lowest BCUT2D eigenvalue weighted by Crippen LogP contribution is -2.50. The molecule has 2 fully saturated rings. The van der Waals surface area contributed by atoms with Crippen LogP contribution in [0, 0.1) is 5.41 Å². The minimum atomic E-state index is 0.602. The highest BCUT2D eigenvalue weighted by Crippen LogP contribution is 2.43. The lowest BCUT2D eigenvalue weighted by atomic mass is 9.70. The Hall–Kier alpha value is 0.400. The maximum Gasteiger partial charge on any atom is 0.0220 e. The first kappa shape index (κ1) is 12.8. The molecular weight excluding hydrogens is 264 g/mol. The van der Waals surface area contributed by atoms with Crippen molar-refractivity contribution >= 4 is 15.9 Å². The topological polar surface area (TPSA) is 6.48 Å². The summed E-state index contributed by atoms with van der Waals surface area (Å²) >= 11 is 3.71. The number of hydrogen-bond acceptors (Lipinski definition) is 2. The molecular formula is C13H25BrN2. The van der Waals surface area contributed by atoms with E-state index in [9.17, 15) is 0 Å². The van der Waals surface area contributed by atoms with E-state index in [1.165, 1.54) is 57.1 Å². The molecule has 0 aromatic heterocycles. The van der Waals surface area contributed by atoms with Gasteiger partial charge in [-0.3, -0.25) is 0 Å². The van der Waals surface area contributed by atoms with Crippen molar-refractivity contribution in [2.24, 2.45) is 5.41 Å². The predicted octanol–water partition coefficient (Wildman–Crippen LogP) is 2.58. The van der Waals surface area contributed by atoms with E-state index in [1.807, 2.05) is 0 Å². The molecule has 2 rings (SSSR count). The number of nitrogens with zero attached hydrogens (tertiary/aromatic N) is 2. The number of hydrogen-bond donors (Lipinski definition) is 0. The Kier molecular flexibility index (Phi) is 4.31. The summed E-state index contributed by atoms with van der Waals surface area (Å²) in [5.41, 5.74) is 0.602. The van der Waals surface area contributed by atoms with Crippen LogP contribution in [0.5, 0.6) is 0 Å². The van der Waals surface area contributed by atoms with E-state index < -0.39 is 0 Å². The summed E-state index contributed by atoms with van der Waals surface area (Å²) in [5.74, 6) is 0. The van der Waals surface area contributed by atoms with Crippen LogP contribution in [0.1, 0.15) is 32.1 Å². The quantitative estimate of drug-likeness (QED) is 0.734. The summed E-state index contributed by atoms with van der Waals surface area (Å²) in [6, 6.07) is 0.787. The summed E-state index contributed by atoms with van der Waals surface area (Å²) in [4.78, 5) is 5.10. The van der Waals surface area contributed by atoms with Crippen LogP contribution in [0.2, 0.25) is 0 Å². The Morgan fingerprint density at radius 3 is 2.62 bits per heavy atom. The minimum Gasteiger partial charge on any atom is -0.305 e. The standard InChI is InChI=1S/C13H25BrN2/c1-15-8-3-5-12(9-15)16(2)11-13(10-14)6-4-7-13/h12H,3-11H2,1-2H3. The Balaban J connectivity index is 1.84. The summed E-state index contributed by atoms with van der Waals surface area (Å²) in [7, 11) is 4.58. The number of piperidine rings is 1. The summed E-state index contributed by atoms with van der Waals surface area (Å²) in [5, 5.41) is 1.19. The van der Waals surface area contributed by atoms with Gasteiger partial charge in [-0.25, -0.2) is 0 Å². The van der Waals surface area contributed by atoms with Gasteiger partial charge in [0.15, 0.2) is 0 Å². The van der Waals surface area contributed by atoms with E-state index >= 15 is 0 Å². The molecule has 94 valence electrons. The zero-order valence-electron chi connectivity index (χ0n) is 10.7. The van der Waals surface area contributed by atoms with Gasteiger partial charge in [0.1, 0.15) is 0 Å². The molecule has 0 N–H and O–H groups in total. The minimum absolute atomic E-state index is 0.602. The van der Waals surface area contributed by atoms with Crippen molar-refractivity contribution in [3.05, 3.63) is 0 Å². The molecule has 0 spiro atoms. The molecule has 2 nitrogen and oxygen atoms in total. The van der Waals surface area contributed by atoms with Crippen molar-refractivity contribution in [3.8, 4) is 0 Å². The molecule has 0 aromatic carbocycles. The van der Waals surface area contributed by atoms with Gasteiger partial charge in [-0.05, 0) is 51.7 Å². The molecule has 3 heteroatoms. The smallest absolute Gasteiger partial charge is 0.0220 e. The van der Waals surface area contributed by atoms with Gasteiger partial charge >= 0.3 is 0 Å². The third-order valence-corrected chi connectivity index (χ3v) is 5.69. The van der Waals surface area contributed by atoms with E-state index in [0.717, 1.165) is 6.04 Å². The molecule has 16 heavy (non-hydrogen) atoms. The van der Waals surface area contributed by atoms with Gasteiger partial charge in [-0.15, -0.1) is 0 Å². The first-order valence-corrected chi connectivity index (χ1v) is 7.72. The zero-order valence-corrected chi connectivity index (χ0v) is 12.3. The molecule has 0 bridgehead atoms. The van der Waals surface area contributed by atoms with Crippen molar-refractivity contribution in [2.75, 3.05) is 39.1 Å². The molecule has 1 saturated heterocycles. The molecule has 0 aromatic rings. The number of alkyl halides is 1. The maximum atomic E-state index is 3.71. The van der Waals surface area contributed by atoms with Crippen LogP contribution < -0.4 is 0 Å². The summed E-state index contributed by atoms with van der Waals surface area (Å²) < 4.78 is 0. The highest BCUT2D eigenvalue weighted by molar-refractivity contribution is 9.09. The summed E-state index contributed by atoms with van der Waals surface area (Å²) in [6.07, 6.45) is 7.03. The van der Waals surface area contributed by atoms with E-state index in [1.54, 1.807) is 0 Å².